The van der Waals surface area contributed by atoms with Crippen molar-refractivity contribution in [3.63, 3.8) is 0 Å². The Morgan fingerprint density at radius 1 is 0.927 bits per heavy atom. The van der Waals surface area contributed by atoms with E-state index >= 15 is 0 Å². The van der Waals surface area contributed by atoms with Crippen LogP contribution >= 0.6 is 0 Å². The van der Waals surface area contributed by atoms with Gasteiger partial charge >= 0.3 is 0 Å². The van der Waals surface area contributed by atoms with Gasteiger partial charge in [-0.2, -0.15) is 5.10 Å². The molecule has 0 saturated carbocycles. The number of hydrogen-bond acceptors (Lipinski definition) is 7. The molecule has 2 aliphatic heterocycles. The molecule has 6 rings (SSSR count). The standard InChI is InChI=1S/C31H35F2N7O/c32-31(33)8-12-39(13-9-31)21-23-16-25(20-35-18-23)24-5-6-27-26(17-24)30(38-37-27)28(41)3-1-2-22-4-7-29(36-19-22)40-14-10-34-11-15-40/h4-7,16-20,34H,1-3,8-15,21H2,(H,37,38). The Kier molecular flexibility index (Phi) is 8.02. The van der Waals surface area contributed by atoms with Crippen LogP contribution in [-0.2, 0) is 13.0 Å². The number of aryl methyl sites for hydroxylation is 1. The van der Waals surface area contributed by atoms with E-state index in [-0.39, 0.29) is 18.6 Å². The number of anilines is 1. The van der Waals surface area contributed by atoms with Gasteiger partial charge in [0.05, 0.1) is 5.52 Å². The summed E-state index contributed by atoms with van der Waals surface area (Å²) in [6, 6.07) is 12.1. The molecule has 2 fully saturated rings. The van der Waals surface area contributed by atoms with Gasteiger partial charge in [0.25, 0.3) is 5.92 Å². The number of likely N-dealkylation sites (tertiary alicyclic amines) is 1. The molecule has 3 aromatic heterocycles. The van der Waals surface area contributed by atoms with Gasteiger partial charge in [-0.15, -0.1) is 0 Å². The number of rotatable bonds is 9. The first-order valence-corrected chi connectivity index (χ1v) is 14.4. The number of ketones is 1. The summed E-state index contributed by atoms with van der Waals surface area (Å²) in [5.74, 6) is -1.55. The number of pyridine rings is 2. The van der Waals surface area contributed by atoms with E-state index in [0.29, 0.717) is 31.7 Å². The lowest BCUT2D eigenvalue weighted by Crippen LogP contribution is -2.43. The highest BCUT2D eigenvalue weighted by atomic mass is 19.3. The van der Waals surface area contributed by atoms with Crippen LogP contribution in [0.3, 0.4) is 0 Å². The highest BCUT2D eigenvalue weighted by Gasteiger charge is 2.33. The van der Waals surface area contributed by atoms with Crippen LogP contribution in [0.15, 0.2) is 55.0 Å². The molecule has 0 amide bonds. The highest BCUT2D eigenvalue weighted by Crippen LogP contribution is 2.30. The van der Waals surface area contributed by atoms with Gasteiger partial charge < -0.3 is 10.2 Å². The van der Waals surface area contributed by atoms with Crippen molar-refractivity contribution < 1.29 is 13.6 Å². The summed E-state index contributed by atoms with van der Waals surface area (Å²) in [6.45, 7) is 5.22. The zero-order valence-corrected chi connectivity index (χ0v) is 23.1. The summed E-state index contributed by atoms with van der Waals surface area (Å²) < 4.78 is 27.1. The minimum Gasteiger partial charge on any atom is -0.354 e. The average Bonchev–Trinajstić information content (AvgIpc) is 3.43. The SMILES string of the molecule is O=C(CCCc1ccc(N2CCNCC2)nc1)c1n[nH]c2ccc(-c3cncc(CN4CCC(F)(F)CC4)c3)cc12. The van der Waals surface area contributed by atoms with E-state index in [2.05, 4.69) is 42.5 Å². The number of fused-ring (bicyclic) bond motifs is 1. The Labute approximate surface area is 238 Å². The number of alkyl halides is 2. The molecule has 5 heterocycles. The van der Waals surface area contributed by atoms with Gasteiger partial charge in [0.15, 0.2) is 5.78 Å². The van der Waals surface area contributed by atoms with E-state index in [0.717, 1.165) is 78.0 Å². The van der Waals surface area contributed by atoms with Gasteiger partial charge in [-0.25, -0.2) is 13.8 Å². The molecule has 214 valence electrons. The Bertz CT molecular complexity index is 1490. The number of aromatic nitrogens is 4. The van der Waals surface area contributed by atoms with Gasteiger partial charge in [-0.1, -0.05) is 12.1 Å². The summed E-state index contributed by atoms with van der Waals surface area (Å²) in [7, 11) is 0. The number of halogens is 2. The van der Waals surface area contributed by atoms with Crippen molar-refractivity contribution in [3.05, 3.63) is 71.8 Å². The quantitative estimate of drug-likeness (QED) is 0.283. The number of piperazine rings is 1. The molecule has 41 heavy (non-hydrogen) atoms. The fourth-order valence-electron chi connectivity index (χ4n) is 5.65. The third-order valence-electron chi connectivity index (χ3n) is 8.07. The Hall–Kier alpha value is -3.76. The number of nitrogens with one attached hydrogen (secondary N) is 2. The number of hydrogen-bond donors (Lipinski definition) is 2. The number of carbonyl (C=O) groups is 1. The molecule has 2 N–H and O–H groups in total. The number of piperidine rings is 1. The number of aromatic amines is 1. The lowest BCUT2D eigenvalue weighted by Gasteiger charge is -2.31. The molecular weight excluding hydrogens is 524 g/mol. The Morgan fingerprint density at radius 3 is 2.54 bits per heavy atom. The topological polar surface area (TPSA) is 90.0 Å². The van der Waals surface area contributed by atoms with Gasteiger partial charge in [-0.05, 0) is 53.8 Å². The molecule has 2 aliphatic rings. The second-order valence-corrected chi connectivity index (χ2v) is 11.1. The molecule has 0 atom stereocenters. The Morgan fingerprint density at radius 2 is 1.76 bits per heavy atom. The third kappa shape index (κ3) is 6.60. The van der Waals surface area contributed by atoms with Crippen molar-refractivity contribution in [2.24, 2.45) is 0 Å². The summed E-state index contributed by atoms with van der Waals surface area (Å²) in [6.07, 6.45) is 7.18. The maximum Gasteiger partial charge on any atom is 0.250 e. The molecule has 2 saturated heterocycles. The van der Waals surface area contributed by atoms with Crippen molar-refractivity contribution in [2.45, 2.75) is 44.6 Å². The van der Waals surface area contributed by atoms with Crippen molar-refractivity contribution >= 4 is 22.5 Å². The zero-order chi connectivity index (χ0) is 28.2. The number of benzene rings is 1. The molecule has 0 bridgehead atoms. The summed E-state index contributed by atoms with van der Waals surface area (Å²) in [5.41, 5.74) is 5.21. The van der Waals surface area contributed by atoms with Gasteiger partial charge in [-0.3, -0.25) is 19.8 Å². The molecule has 0 unspecified atom stereocenters. The lowest BCUT2D eigenvalue weighted by atomic mass is 10.0. The van der Waals surface area contributed by atoms with E-state index in [1.54, 1.807) is 12.4 Å². The molecular formula is C31H35F2N7O. The number of H-pyrrole nitrogens is 1. The van der Waals surface area contributed by atoms with E-state index < -0.39 is 5.92 Å². The summed E-state index contributed by atoms with van der Waals surface area (Å²) in [4.78, 5) is 26.5. The monoisotopic (exact) mass is 559 g/mol. The van der Waals surface area contributed by atoms with Crippen molar-refractivity contribution in [2.75, 3.05) is 44.2 Å². The van der Waals surface area contributed by atoms with Crippen LogP contribution in [0.2, 0.25) is 0 Å². The number of carbonyl (C=O) groups excluding carboxylic acids is 1. The highest BCUT2D eigenvalue weighted by molar-refractivity contribution is 6.06. The first-order chi connectivity index (χ1) is 19.9. The summed E-state index contributed by atoms with van der Waals surface area (Å²) >= 11 is 0. The zero-order valence-electron chi connectivity index (χ0n) is 23.1. The van der Waals surface area contributed by atoms with Crippen LogP contribution in [0.1, 0.15) is 47.3 Å². The van der Waals surface area contributed by atoms with Crippen LogP contribution in [0.4, 0.5) is 14.6 Å². The minimum atomic E-state index is -2.56. The maximum atomic E-state index is 13.5. The van der Waals surface area contributed by atoms with Gasteiger partial charge in [0.2, 0.25) is 0 Å². The third-order valence-corrected chi connectivity index (χ3v) is 8.07. The molecule has 0 aliphatic carbocycles. The molecule has 8 nitrogen and oxygen atoms in total. The normalized spacial score (nSPS) is 17.7. The average molecular weight is 560 g/mol. The molecule has 4 aromatic rings. The fraction of sp³-hybridized carbons (Fsp3) is 0.419. The van der Waals surface area contributed by atoms with E-state index in [1.807, 2.05) is 35.4 Å². The Balaban J connectivity index is 1.08. The molecule has 0 radical (unpaired) electrons. The van der Waals surface area contributed by atoms with Crippen molar-refractivity contribution in [3.8, 4) is 11.1 Å². The van der Waals surface area contributed by atoms with Crippen LogP contribution in [0.5, 0.6) is 0 Å². The minimum absolute atomic E-state index is 0.00701. The van der Waals surface area contributed by atoms with Crippen LogP contribution in [-0.4, -0.2) is 76.0 Å². The molecule has 10 heteroatoms. The molecule has 1 aromatic carbocycles. The maximum absolute atomic E-state index is 13.5. The first-order valence-electron chi connectivity index (χ1n) is 14.4. The van der Waals surface area contributed by atoms with Crippen molar-refractivity contribution in [1.82, 2.24) is 30.4 Å². The summed E-state index contributed by atoms with van der Waals surface area (Å²) in [5, 5.41) is 11.5. The van der Waals surface area contributed by atoms with E-state index in [9.17, 15) is 13.6 Å². The van der Waals surface area contributed by atoms with Crippen molar-refractivity contribution in [1.29, 1.82) is 0 Å². The largest absolute Gasteiger partial charge is 0.354 e. The smallest absolute Gasteiger partial charge is 0.250 e. The number of nitrogens with zero attached hydrogens (tertiary/aromatic N) is 5. The van der Waals surface area contributed by atoms with Crippen LogP contribution in [0, 0.1) is 0 Å². The van der Waals surface area contributed by atoms with Gasteiger partial charge in [0.1, 0.15) is 11.5 Å². The van der Waals surface area contributed by atoms with Crippen LogP contribution in [0.25, 0.3) is 22.0 Å². The van der Waals surface area contributed by atoms with E-state index in [1.165, 1.54) is 0 Å². The molecule has 0 spiro atoms. The lowest BCUT2D eigenvalue weighted by molar-refractivity contribution is -0.0566. The first kappa shape index (κ1) is 27.4. The van der Waals surface area contributed by atoms with Crippen LogP contribution < -0.4 is 10.2 Å². The fourth-order valence-corrected chi connectivity index (χ4v) is 5.65. The number of Topliss-reactive ketones (excluding diaryl/α,β-unsaturated/α-hetero) is 1. The van der Waals surface area contributed by atoms with E-state index in [4.69, 9.17) is 0 Å². The predicted molar refractivity (Wildman–Crippen MR) is 155 cm³/mol. The second kappa shape index (κ2) is 12.0. The van der Waals surface area contributed by atoms with Gasteiger partial charge in [0, 0.05) is 94.6 Å². The second-order valence-electron chi connectivity index (χ2n) is 11.1. The predicted octanol–water partition coefficient (Wildman–Crippen LogP) is 4.87.